The molecular weight excluding hydrogens is 271 g/mol. The molecule has 0 aliphatic heterocycles. The number of benzene rings is 1. The number of carbonyl (C=O) groups is 1. The molecule has 4 N–H and O–H groups in total. The molecule has 0 unspecified atom stereocenters. The molecule has 0 spiro atoms. The lowest BCUT2D eigenvalue weighted by Gasteiger charge is -2.08. The Kier molecular flexibility index (Phi) is 5.09. The predicted molar refractivity (Wildman–Crippen MR) is 80.3 cm³/mol. The summed E-state index contributed by atoms with van der Waals surface area (Å²) >= 11 is 0. The molecule has 21 heavy (non-hydrogen) atoms. The number of nitrogens with two attached hydrogens (primary N) is 1. The van der Waals surface area contributed by atoms with E-state index in [-0.39, 0.29) is 18.1 Å². The second-order valence-electron chi connectivity index (χ2n) is 4.55. The molecule has 0 fully saturated rings. The number of nitrogens with zero attached hydrogens (tertiary/aromatic N) is 1. The Bertz CT molecular complexity index is 584. The Morgan fingerprint density at radius 2 is 1.90 bits per heavy atom. The van der Waals surface area contributed by atoms with Gasteiger partial charge in [0.05, 0.1) is 18.3 Å². The lowest BCUT2D eigenvalue weighted by Crippen LogP contribution is -2.30. The molecule has 0 saturated carbocycles. The van der Waals surface area contributed by atoms with Gasteiger partial charge in [0.1, 0.15) is 11.6 Å². The number of hydrogen-bond acceptors (Lipinski definition) is 4. The maximum absolute atomic E-state index is 12.7. The molecule has 0 radical (unpaired) electrons. The summed E-state index contributed by atoms with van der Waals surface area (Å²) in [6, 6.07) is 9.43. The van der Waals surface area contributed by atoms with Gasteiger partial charge in [-0.3, -0.25) is 4.79 Å². The van der Waals surface area contributed by atoms with Gasteiger partial charge in [-0.2, -0.15) is 0 Å². The Labute approximate surface area is 122 Å². The first-order valence-electron chi connectivity index (χ1n) is 6.60. The standard InChI is InChI=1S/C15H17FN4O/c16-12-3-1-11(2-4-12)9-15(21)19-8-7-18-13-5-6-14(17)20-10-13/h1-6,10,18H,7-9H2,(H2,17,20)(H,19,21). The van der Waals surface area contributed by atoms with Crippen LogP contribution in [0, 0.1) is 5.82 Å². The minimum atomic E-state index is -0.305. The molecule has 2 rings (SSSR count). The summed E-state index contributed by atoms with van der Waals surface area (Å²) in [6.07, 6.45) is 1.87. The van der Waals surface area contributed by atoms with Gasteiger partial charge < -0.3 is 16.4 Å². The van der Waals surface area contributed by atoms with E-state index < -0.39 is 0 Å². The summed E-state index contributed by atoms with van der Waals surface area (Å²) in [6.45, 7) is 1.07. The van der Waals surface area contributed by atoms with Crippen molar-refractivity contribution in [2.75, 3.05) is 24.1 Å². The molecule has 0 bridgehead atoms. The van der Waals surface area contributed by atoms with Gasteiger partial charge in [-0.15, -0.1) is 0 Å². The van der Waals surface area contributed by atoms with Crippen LogP contribution in [-0.4, -0.2) is 24.0 Å². The van der Waals surface area contributed by atoms with Crippen LogP contribution in [0.15, 0.2) is 42.6 Å². The third-order valence-electron chi connectivity index (χ3n) is 2.84. The number of hydrogen-bond donors (Lipinski definition) is 3. The molecule has 1 aromatic carbocycles. The van der Waals surface area contributed by atoms with Gasteiger partial charge in [0.15, 0.2) is 0 Å². The maximum Gasteiger partial charge on any atom is 0.224 e. The Morgan fingerprint density at radius 3 is 2.57 bits per heavy atom. The van der Waals surface area contributed by atoms with Crippen LogP contribution in [0.2, 0.25) is 0 Å². The number of halogens is 1. The largest absolute Gasteiger partial charge is 0.384 e. The zero-order valence-corrected chi connectivity index (χ0v) is 11.5. The number of pyridine rings is 1. The summed E-state index contributed by atoms with van der Waals surface area (Å²) in [7, 11) is 0. The average Bonchev–Trinajstić information content (AvgIpc) is 2.48. The fourth-order valence-corrected chi connectivity index (χ4v) is 1.77. The van der Waals surface area contributed by atoms with E-state index in [1.165, 1.54) is 12.1 Å². The van der Waals surface area contributed by atoms with Crippen molar-refractivity contribution in [1.82, 2.24) is 10.3 Å². The van der Waals surface area contributed by atoms with Gasteiger partial charge in [-0.05, 0) is 29.8 Å². The third kappa shape index (κ3) is 5.10. The van der Waals surface area contributed by atoms with E-state index in [2.05, 4.69) is 15.6 Å². The highest BCUT2D eigenvalue weighted by molar-refractivity contribution is 5.78. The molecule has 2 aromatic rings. The highest BCUT2D eigenvalue weighted by atomic mass is 19.1. The van der Waals surface area contributed by atoms with Crippen LogP contribution >= 0.6 is 0 Å². The topological polar surface area (TPSA) is 80.0 Å². The van der Waals surface area contributed by atoms with Crippen molar-refractivity contribution < 1.29 is 9.18 Å². The second-order valence-corrected chi connectivity index (χ2v) is 4.55. The number of rotatable bonds is 6. The summed E-state index contributed by atoms with van der Waals surface area (Å²) in [5.74, 6) is 0.0625. The lowest BCUT2D eigenvalue weighted by atomic mass is 10.1. The first-order chi connectivity index (χ1) is 10.1. The van der Waals surface area contributed by atoms with Crippen molar-refractivity contribution in [3.8, 4) is 0 Å². The zero-order valence-electron chi connectivity index (χ0n) is 11.5. The number of nitrogen functional groups attached to an aromatic ring is 1. The zero-order chi connectivity index (χ0) is 15.1. The molecule has 5 nitrogen and oxygen atoms in total. The van der Waals surface area contributed by atoms with Gasteiger partial charge in [0.25, 0.3) is 0 Å². The molecule has 110 valence electrons. The van der Waals surface area contributed by atoms with Crippen molar-refractivity contribution in [3.05, 3.63) is 54.0 Å². The number of amides is 1. The summed E-state index contributed by atoms with van der Waals surface area (Å²) in [5, 5.41) is 5.90. The molecule has 1 heterocycles. The quantitative estimate of drug-likeness (QED) is 0.705. The minimum absolute atomic E-state index is 0.0983. The van der Waals surface area contributed by atoms with E-state index in [0.29, 0.717) is 18.9 Å². The molecular formula is C15H17FN4O. The molecule has 1 amide bonds. The smallest absolute Gasteiger partial charge is 0.224 e. The van der Waals surface area contributed by atoms with E-state index in [1.807, 2.05) is 6.07 Å². The lowest BCUT2D eigenvalue weighted by molar-refractivity contribution is -0.120. The molecule has 1 aromatic heterocycles. The van der Waals surface area contributed by atoms with E-state index >= 15 is 0 Å². The van der Waals surface area contributed by atoms with Gasteiger partial charge in [0, 0.05) is 13.1 Å². The second kappa shape index (κ2) is 7.23. The average molecular weight is 288 g/mol. The molecule has 0 saturated heterocycles. The van der Waals surface area contributed by atoms with Crippen LogP contribution in [-0.2, 0) is 11.2 Å². The highest BCUT2D eigenvalue weighted by Gasteiger charge is 2.02. The molecule has 0 aliphatic carbocycles. The van der Waals surface area contributed by atoms with Gasteiger partial charge in [0.2, 0.25) is 5.91 Å². The first-order valence-corrected chi connectivity index (χ1v) is 6.60. The van der Waals surface area contributed by atoms with Crippen LogP contribution < -0.4 is 16.4 Å². The van der Waals surface area contributed by atoms with Gasteiger partial charge in [-0.1, -0.05) is 12.1 Å². The van der Waals surface area contributed by atoms with Crippen molar-refractivity contribution in [2.45, 2.75) is 6.42 Å². The van der Waals surface area contributed by atoms with Crippen molar-refractivity contribution in [1.29, 1.82) is 0 Å². The van der Waals surface area contributed by atoms with E-state index in [1.54, 1.807) is 24.4 Å². The van der Waals surface area contributed by atoms with Crippen LogP contribution in [0.5, 0.6) is 0 Å². The summed E-state index contributed by atoms with van der Waals surface area (Å²) in [5.41, 5.74) is 7.11. The number of anilines is 2. The normalized spacial score (nSPS) is 10.1. The van der Waals surface area contributed by atoms with Crippen molar-refractivity contribution >= 4 is 17.4 Å². The van der Waals surface area contributed by atoms with E-state index in [0.717, 1.165) is 11.3 Å². The predicted octanol–water partition coefficient (Wildman–Crippen LogP) is 1.57. The number of nitrogens with one attached hydrogen (secondary N) is 2. The van der Waals surface area contributed by atoms with Crippen LogP contribution in [0.3, 0.4) is 0 Å². The molecule has 6 heteroatoms. The monoisotopic (exact) mass is 288 g/mol. The van der Waals surface area contributed by atoms with Gasteiger partial charge >= 0.3 is 0 Å². The number of aromatic nitrogens is 1. The van der Waals surface area contributed by atoms with Crippen molar-refractivity contribution in [2.24, 2.45) is 0 Å². The van der Waals surface area contributed by atoms with Crippen LogP contribution in [0.4, 0.5) is 15.9 Å². The number of carbonyl (C=O) groups excluding carboxylic acids is 1. The van der Waals surface area contributed by atoms with Crippen molar-refractivity contribution in [3.63, 3.8) is 0 Å². The van der Waals surface area contributed by atoms with E-state index in [9.17, 15) is 9.18 Å². The Hall–Kier alpha value is -2.63. The minimum Gasteiger partial charge on any atom is -0.384 e. The molecule has 0 atom stereocenters. The summed E-state index contributed by atoms with van der Waals surface area (Å²) < 4.78 is 12.7. The highest BCUT2D eigenvalue weighted by Crippen LogP contribution is 2.06. The SMILES string of the molecule is Nc1ccc(NCCNC(=O)Cc2ccc(F)cc2)cn1. The van der Waals surface area contributed by atoms with Gasteiger partial charge in [-0.25, -0.2) is 9.37 Å². The van der Waals surface area contributed by atoms with Crippen LogP contribution in [0.1, 0.15) is 5.56 Å². The van der Waals surface area contributed by atoms with Crippen LogP contribution in [0.25, 0.3) is 0 Å². The maximum atomic E-state index is 12.7. The fourth-order valence-electron chi connectivity index (χ4n) is 1.77. The molecule has 0 aliphatic rings. The van der Waals surface area contributed by atoms with E-state index in [4.69, 9.17) is 5.73 Å². The summed E-state index contributed by atoms with van der Waals surface area (Å²) in [4.78, 5) is 15.6. The first kappa shape index (κ1) is 14.8. The Morgan fingerprint density at radius 1 is 1.14 bits per heavy atom. The third-order valence-corrected chi connectivity index (χ3v) is 2.84. The Balaban J connectivity index is 1.67. The fraction of sp³-hybridized carbons (Fsp3) is 0.200.